The second-order valence-corrected chi connectivity index (χ2v) is 9.59. The summed E-state index contributed by atoms with van der Waals surface area (Å²) in [5, 5.41) is 14.0. The summed E-state index contributed by atoms with van der Waals surface area (Å²) in [6.45, 7) is 4.81. The molecule has 10 heteroatoms. The Balaban J connectivity index is 1.60. The first-order chi connectivity index (χ1) is 15.2. The fraction of sp³-hybridized carbons (Fsp3) is 0.409. The molecule has 2 aromatic rings. The van der Waals surface area contributed by atoms with Crippen LogP contribution < -0.4 is 10.1 Å². The van der Waals surface area contributed by atoms with Crippen molar-refractivity contribution in [2.45, 2.75) is 38.1 Å². The van der Waals surface area contributed by atoms with E-state index in [9.17, 15) is 23.3 Å². The van der Waals surface area contributed by atoms with Crippen LogP contribution in [0.25, 0.3) is 0 Å². The highest BCUT2D eigenvalue weighted by atomic mass is 32.2. The van der Waals surface area contributed by atoms with Crippen LogP contribution in [-0.4, -0.2) is 43.2 Å². The third-order valence-corrected chi connectivity index (χ3v) is 7.54. The average Bonchev–Trinajstić information content (AvgIpc) is 2.78. The van der Waals surface area contributed by atoms with Crippen molar-refractivity contribution < 1.29 is 22.9 Å². The number of non-ortho nitro benzene ring substituents is 1. The number of rotatable bonds is 8. The summed E-state index contributed by atoms with van der Waals surface area (Å²) in [7, 11) is -3.88. The number of sulfonamides is 1. The van der Waals surface area contributed by atoms with Crippen LogP contribution in [0, 0.1) is 23.0 Å². The number of nitro benzene ring substituents is 1. The van der Waals surface area contributed by atoms with Crippen molar-refractivity contribution in [1.29, 1.82) is 0 Å². The molecule has 0 spiro atoms. The molecule has 1 saturated heterocycles. The maximum Gasteiger partial charge on any atom is 0.270 e. The minimum Gasteiger partial charge on any atom is -0.494 e. The molecule has 0 aromatic heterocycles. The van der Waals surface area contributed by atoms with Gasteiger partial charge >= 0.3 is 0 Å². The molecular weight excluding hydrogens is 434 g/mol. The fourth-order valence-corrected chi connectivity index (χ4v) is 5.44. The van der Waals surface area contributed by atoms with Crippen LogP contribution in [0.1, 0.15) is 30.9 Å². The van der Waals surface area contributed by atoms with E-state index in [-0.39, 0.29) is 35.5 Å². The number of piperidine rings is 1. The zero-order valence-electron chi connectivity index (χ0n) is 18.1. The monoisotopic (exact) mass is 461 g/mol. The summed E-state index contributed by atoms with van der Waals surface area (Å²) in [6.07, 6.45) is 0.774. The number of amides is 1. The topological polar surface area (TPSA) is 119 Å². The molecular formula is C22H27N3O6S. The van der Waals surface area contributed by atoms with Gasteiger partial charge in [0.05, 0.1) is 16.4 Å². The van der Waals surface area contributed by atoms with Gasteiger partial charge in [-0.25, -0.2) is 8.42 Å². The lowest BCUT2D eigenvalue weighted by molar-refractivity contribution is -0.385. The molecule has 0 saturated carbocycles. The second kappa shape index (κ2) is 10.1. The molecule has 32 heavy (non-hydrogen) atoms. The first kappa shape index (κ1) is 23.7. The highest BCUT2D eigenvalue weighted by Crippen LogP contribution is 2.28. The molecule has 3 rings (SSSR count). The molecule has 1 fully saturated rings. The van der Waals surface area contributed by atoms with Crippen LogP contribution in [0.4, 0.5) is 5.69 Å². The largest absolute Gasteiger partial charge is 0.494 e. The van der Waals surface area contributed by atoms with Crippen molar-refractivity contribution in [3.05, 3.63) is 63.7 Å². The van der Waals surface area contributed by atoms with Crippen molar-refractivity contribution in [3.8, 4) is 5.75 Å². The first-order valence-corrected chi connectivity index (χ1v) is 11.9. The van der Waals surface area contributed by atoms with E-state index in [0.717, 1.165) is 17.4 Å². The molecule has 1 N–H and O–H groups in total. The molecule has 0 radical (unpaired) electrons. The number of hydrogen-bond acceptors (Lipinski definition) is 6. The smallest absolute Gasteiger partial charge is 0.270 e. The zero-order valence-corrected chi connectivity index (χ0v) is 18.9. The summed E-state index contributed by atoms with van der Waals surface area (Å²) in [6, 6.07) is 11.3. The number of nitro groups is 1. The van der Waals surface area contributed by atoms with Crippen molar-refractivity contribution in [3.63, 3.8) is 0 Å². The van der Waals surface area contributed by atoms with Gasteiger partial charge in [-0.1, -0.05) is 18.2 Å². The van der Waals surface area contributed by atoms with Crippen LogP contribution in [-0.2, 0) is 21.4 Å². The van der Waals surface area contributed by atoms with Crippen molar-refractivity contribution in [2.24, 2.45) is 5.92 Å². The Morgan fingerprint density at radius 3 is 2.59 bits per heavy atom. The van der Waals surface area contributed by atoms with E-state index in [2.05, 4.69) is 5.32 Å². The van der Waals surface area contributed by atoms with Gasteiger partial charge in [0, 0.05) is 37.7 Å². The summed E-state index contributed by atoms with van der Waals surface area (Å²) in [5.41, 5.74) is 1.10. The van der Waals surface area contributed by atoms with E-state index in [0.29, 0.717) is 31.6 Å². The molecule has 0 unspecified atom stereocenters. The minimum absolute atomic E-state index is 0.0659. The number of carbonyl (C=O) groups is 1. The quantitative estimate of drug-likeness (QED) is 0.477. The molecule has 9 nitrogen and oxygen atoms in total. The zero-order chi connectivity index (χ0) is 23.3. The van der Waals surface area contributed by atoms with Crippen molar-refractivity contribution in [1.82, 2.24) is 9.62 Å². The number of hydrogen-bond donors (Lipinski definition) is 1. The molecule has 172 valence electrons. The molecule has 0 atom stereocenters. The fourth-order valence-electron chi connectivity index (χ4n) is 3.72. The Hall–Kier alpha value is -2.98. The summed E-state index contributed by atoms with van der Waals surface area (Å²) in [4.78, 5) is 23.0. The van der Waals surface area contributed by atoms with Crippen molar-refractivity contribution >= 4 is 21.6 Å². The van der Waals surface area contributed by atoms with Gasteiger partial charge in [-0.3, -0.25) is 14.9 Å². The van der Waals surface area contributed by atoms with E-state index in [1.54, 1.807) is 6.92 Å². The van der Waals surface area contributed by atoms with E-state index in [4.69, 9.17) is 4.74 Å². The second-order valence-electron chi connectivity index (χ2n) is 7.68. The van der Waals surface area contributed by atoms with Gasteiger partial charge in [-0.2, -0.15) is 4.31 Å². The van der Waals surface area contributed by atoms with E-state index < -0.39 is 14.9 Å². The Bertz CT molecular complexity index is 1090. The predicted octanol–water partition coefficient (Wildman–Crippen LogP) is 3.02. The normalized spacial score (nSPS) is 15.3. The Morgan fingerprint density at radius 1 is 1.22 bits per heavy atom. The SMILES string of the molecule is CCOc1cccc(CNC(=O)C2CCN(S(=O)(=O)c3cc([N+](=O)[O-])ccc3C)CC2)c1. The number of benzene rings is 2. The number of ether oxygens (including phenoxy) is 1. The van der Waals surface area contributed by atoms with Crippen LogP contribution in [0.15, 0.2) is 47.4 Å². The standard InChI is InChI=1S/C22H27N3O6S/c1-3-31-20-6-4-5-17(13-20)15-23-22(26)18-9-11-24(12-10-18)32(29,30)21-14-19(25(27)28)8-7-16(21)2/h4-8,13-14,18H,3,9-12,15H2,1-2H3,(H,23,26). The van der Waals surface area contributed by atoms with Gasteiger partial charge in [0.1, 0.15) is 5.75 Å². The maximum atomic E-state index is 13.0. The van der Waals surface area contributed by atoms with Gasteiger partial charge in [0.25, 0.3) is 5.69 Å². The molecule has 1 amide bonds. The molecule has 1 heterocycles. The van der Waals surface area contributed by atoms with Gasteiger partial charge < -0.3 is 10.1 Å². The van der Waals surface area contributed by atoms with E-state index in [1.165, 1.54) is 16.4 Å². The molecule has 1 aliphatic rings. The number of nitrogens with one attached hydrogen (secondary N) is 1. The third kappa shape index (κ3) is 5.43. The summed E-state index contributed by atoms with van der Waals surface area (Å²) in [5.74, 6) is 0.340. The Morgan fingerprint density at radius 2 is 1.94 bits per heavy atom. The first-order valence-electron chi connectivity index (χ1n) is 10.5. The van der Waals surface area contributed by atoms with Gasteiger partial charge in [-0.15, -0.1) is 0 Å². The third-order valence-electron chi connectivity index (χ3n) is 5.50. The molecule has 0 bridgehead atoms. The van der Waals surface area contributed by atoms with Crippen LogP contribution in [0.3, 0.4) is 0 Å². The lowest BCUT2D eigenvalue weighted by Crippen LogP contribution is -2.43. The summed E-state index contributed by atoms with van der Waals surface area (Å²) < 4.78 is 32.9. The van der Waals surface area contributed by atoms with Crippen LogP contribution in [0.2, 0.25) is 0 Å². The van der Waals surface area contributed by atoms with Gasteiger partial charge in [0.2, 0.25) is 15.9 Å². The highest BCUT2D eigenvalue weighted by Gasteiger charge is 2.33. The number of carbonyl (C=O) groups excluding carboxylic acids is 1. The summed E-state index contributed by atoms with van der Waals surface area (Å²) >= 11 is 0. The van der Waals surface area contributed by atoms with Gasteiger partial charge in [0.15, 0.2) is 0 Å². The van der Waals surface area contributed by atoms with Crippen LogP contribution in [0.5, 0.6) is 5.75 Å². The van der Waals surface area contributed by atoms with Crippen LogP contribution >= 0.6 is 0 Å². The lowest BCUT2D eigenvalue weighted by atomic mass is 9.97. The molecule has 1 aliphatic heterocycles. The van der Waals surface area contributed by atoms with E-state index in [1.807, 2.05) is 31.2 Å². The van der Waals surface area contributed by atoms with Gasteiger partial charge in [-0.05, 0) is 49.9 Å². The molecule has 0 aliphatic carbocycles. The Kier molecular flexibility index (Phi) is 7.47. The number of nitrogens with zero attached hydrogens (tertiary/aromatic N) is 2. The molecule has 2 aromatic carbocycles. The maximum absolute atomic E-state index is 13.0. The number of aryl methyl sites for hydroxylation is 1. The highest BCUT2D eigenvalue weighted by molar-refractivity contribution is 7.89. The lowest BCUT2D eigenvalue weighted by Gasteiger charge is -2.30. The predicted molar refractivity (Wildman–Crippen MR) is 119 cm³/mol. The Labute approximate surface area is 187 Å². The van der Waals surface area contributed by atoms with Crippen molar-refractivity contribution in [2.75, 3.05) is 19.7 Å². The van der Waals surface area contributed by atoms with E-state index >= 15 is 0 Å². The average molecular weight is 462 g/mol. The minimum atomic E-state index is -3.88.